The van der Waals surface area contributed by atoms with Crippen LogP contribution in [0.3, 0.4) is 0 Å². The fraction of sp³-hybridized carbons (Fsp3) is 0.278. The van der Waals surface area contributed by atoms with Gasteiger partial charge in [-0.15, -0.1) is 0 Å². The van der Waals surface area contributed by atoms with Gasteiger partial charge in [-0.2, -0.15) is 0 Å². The van der Waals surface area contributed by atoms with Crippen LogP contribution in [0.4, 0.5) is 5.69 Å². The Kier molecular flexibility index (Phi) is 5.01. The third-order valence-corrected chi connectivity index (χ3v) is 4.54. The molecule has 2 aromatic carbocycles. The summed E-state index contributed by atoms with van der Waals surface area (Å²) in [5, 5.41) is 3.26. The highest BCUT2D eigenvalue weighted by atomic mass is 79.9. The van der Waals surface area contributed by atoms with Crippen molar-refractivity contribution in [2.75, 3.05) is 11.9 Å². The van der Waals surface area contributed by atoms with Crippen molar-refractivity contribution in [2.24, 2.45) is 0 Å². The lowest BCUT2D eigenvalue weighted by atomic mass is 10.1. The smallest absolute Gasteiger partial charge is 0.257 e. The number of nitrogens with one attached hydrogen (secondary N) is 1. The number of carbonyl (C=O) groups is 1. The molecule has 24 heavy (non-hydrogen) atoms. The monoisotopic (exact) mass is 409 g/mol. The Hall–Kier alpha value is -1.72. The number of hydrogen-bond donors (Lipinski definition) is 1. The third-order valence-electron chi connectivity index (χ3n) is 3.72. The minimum atomic E-state index is -0.298. The molecule has 2 aromatic rings. The van der Waals surface area contributed by atoms with Gasteiger partial charge in [-0.25, -0.2) is 0 Å². The second-order valence-electron chi connectivity index (χ2n) is 5.60. The number of benzene rings is 2. The fourth-order valence-electron chi connectivity index (χ4n) is 2.67. The molecule has 1 aliphatic heterocycles. The first-order valence-electron chi connectivity index (χ1n) is 7.70. The summed E-state index contributed by atoms with van der Waals surface area (Å²) < 4.78 is 12.2. The molecule has 1 heterocycles. The molecule has 1 N–H and O–H groups in total. The van der Waals surface area contributed by atoms with Gasteiger partial charge < -0.3 is 14.8 Å². The molecule has 3 rings (SSSR count). The van der Waals surface area contributed by atoms with Crippen LogP contribution < -0.4 is 14.8 Å². The summed E-state index contributed by atoms with van der Waals surface area (Å²) in [5.41, 5.74) is 2.05. The SMILES string of the molecule is CCOc1cc2c(cc1NC(=O)c1cc(Br)ccc1Cl)O[C@H](C)C2. The van der Waals surface area contributed by atoms with Crippen molar-refractivity contribution in [1.29, 1.82) is 0 Å². The molecule has 1 atom stereocenters. The Balaban J connectivity index is 1.92. The molecular formula is C18H17BrClNO3. The van der Waals surface area contributed by atoms with E-state index in [4.69, 9.17) is 21.1 Å². The third kappa shape index (κ3) is 3.52. The average molecular weight is 411 g/mol. The van der Waals surface area contributed by atoms with Gasteiger partial charge in [-0.05, 0) is 38.1 Å². The Bertz CT molecular complexity index is 794. The van der Waals surface area contributed by atoms with Crippen molar-refractivity contribution in [3.8, 4) is 11.5 Å². The summed E-state index contributed by atoms with van der Waals surface area (Å²) in [7, 11) is 0. The lowest BCUT2D eigenvalue weighted by molar-refractivity contribution is 0.102. The van der Waals surface area contributed by atoms with Gasteiger partial charge in [0.25, 0.3) is 5.91 Å². The number of anilines is 1. The fourth-order valence-corrected chi connectivity index (χ4v) is 3.24. The molecule has 0 unspecified atom stereocenters. The van der Waals surface area contributed by atoms with Gasteiger partial charge >= 0.3 is 0 Å². The topological polar surface area (TPSA) is 47.6 Å². The van der Waals surface area contributed by atoms with Crippen LogP contribution in [0.2, 0.25) is 5.02 Å². The maximum Gasteiger partial charge on any atom is 0.257 e. The molecule has 6 heteroatoms. The van der Waals surface area contributed by atoms with Crippen LogP contribution in [0.15, 0.2) is 34.8 Å². The number of rotatable bonds is 4. The quantitative estimate of drug-likeness (QED) is 0.765. The van der Waals surface area contributed by atoms with Gasteiger partial charge in [0.2, 0.25) is 0 Å². The second kappa shape index (κ2) is 7.03. The molecule has 0 radical (unpaired) electrons. The van der Waals surface area contributed by atoms with E-state index >= 15 is 0 Å². The van der Waals surface area contributed by atoms with E-state index in [1.807, 2.05) is 26.0 Å². The van der Waals surface area contributed by atoms with Crippen LogP contribution in [0, 0.1) is 0 Å². The lowest BCUT2D eigenvalue weighted by Gasteiger charge is -2.14. The van der Waals surface area contributed by atoms with E-state index < -0.39 is 0 Å². The molecule has 0 saturated heterocycles. The van der Waals surface area contributed by atoms with Crippen molar-refractivity contribution < 1.29 is 14.3 Å². The molecule has 126 valence electrons. The van der Waals surface area contributed by atoms with Crippen LogP contribution in [0.25, 0.3) is 0 Å². The van der Waals surface area contributed by atoms with Gasteiger partial charge in [-0.1, -0.05) is 27.5 Å². The van der Waals surface area contributed by atoms with E-state index in [0.717, 1.165) is 22.2 Å². The number of ether oxygens (including phenoxy) is 2. The van der Waals surface area contributed by atoms with Gasteiger partial charge in [0, 0.05) is 22.5 Å². The van der Waals surface area contributed by atoms with E-state index in [9.17, 15) is 4.79 Å². The Labute approximate surface area is 154 Å². The predicted octanol–water partition coefficient (Wildman–Crippen LogP) is 5.08. The normalized spacial score (nSPS) is 15.6. The zero-order valence-electron chi connectivity index (χ0n) is 13.4. The van der Waals surface area contributed by atoms with E-state index in [2.05, 4.69) is 21.2 Å². The zero-order valence-corrected chi connectivity index (χ0v) is 15.7. The van der Waals surface area contributed by atoms with Gasteiger partial charge in [0.15, 0.2) is 0 Å². The number of hydrogen-bond acceptors (Lipinski definition) is 3. The Morgan fingerprint density at radius 1 is 1.42 bits per heavy atom. The standard InChI is InChI=1S/C18H17BrClNO3/c1-3-23-17-7-11-6-10(2)24-16(11)9-15(17)21-18(22)13-8-12(19)4-5-14(13)20/h4-5,7-10H,3,6H2,1-2H3,(H,21,22)/t10-/m1/s1. The molecule has 0 fully saturated rings. The predicted molar refractivity (Wildman–Crippen MR) is 98.5 cm³/mol. The number of halogens is 2. The molecule has 0 spiro atoms. The maximum atomic E-state index is 12.6. The van der Waals surface area contributed by atoms with Crippen molar-refractivity contribution >= 4 is 39.1 Å². The summed E-state index contributed by atoms with van der Waals surface area (Å²) in [5.74, 6) is 1.11. The summed E-state index contributed by atoms with van der Waals surface area (Å²) in [6.45, 7) is 4.43. The Morgan fingerprint density at radius 3 is 2.96 bits per heavy atom. The highest BCUT2D eigenvalue weighted by molar-refractivity contribution is 9.10. The molecular weight excluding hydrogens is 394 g/mol. The molecule has 0 saturated carbocycles. The highest BCUT2D eigenvalue weighted by Crippen LogP contribution is 2.38. The van der Waals surface area contributed by atoms with Gasteiger partial charge in [0.1, 0.15) is 17.6 Å². The summed E-state index contributed by atoms with van der Waals surface area (Å²) in [6.07, 6.45) is 0.959. The molecule has 0 bridgehead atoms. The average Bonchev–Trinajstić information content (AvgIpc) is 2.89. The van der Waals surface area contributed by atoms with E-state index in [1.54, 1.807) is 18.2 Å². The zero-order chi connectivity index (χ0) is 17.3. The number of carbonyl (C=O) groups excluding carboxylic acids is 1. The van der Waals surface area contributed by atoms with E-state index in [-0.39, 0.29) is 12.0 Å². The van der Waals surface area contributed by atoms with Crippen molar-refractivity contribution in [2.45, 2.75) is 26.4 Å². The first kappa shape index (κ1) is 17.1. The summed E-state index contributed by atoms with van der Waals surface area (Å²) >= 11 is 9.49. The number of amides is 1. The van der Waals surface area contributed by atoms with Crippen molar-refractivity contribution in [3.05, 3.63) is 51.0 Å². The summed E-state index contributed by atoms with van der Waals surface area (Å²) in [6, 6.07) is 8.89. The van der Waals surface area contributed by atoms with Crippen LogP contribution >= 0.6 is 27.5 Å². The molecule has 1 aliphatic rings. The Morgan fingerprint density at radius 2 is 2.21 bits per heavy atom. The first-order valence-corrected chi connectivity index (χ1v) is 8.87. The minimum absolute atomic E-state index is 0.125. The highest BCUT2D eigenvalue weighted by Gasteiger charge is 2.23. The van der Waals surface area contributed by atoms with Crippen molar-refractivity contribution in [3.63, 3.8) is 0 Å². The van der Waals surface area contributed by atoms with E-state index in [1.165, 1.54) is 0 Å². The first-order chi connectivity index (χ1) is 11.5. The van der Waals surface area contributed by atoms with Crippen LogP contribution in [-0.2, 0) is 6.42 Å². The van der Waals surface area contributed by atoms with Gasteiger partial charge in [0.05, 0.1) is 22.9 Å². The number of fused-ring (bicyclic) bond motifs is 1. The largest absolute Gasteiger partial charge is 0.492 e. The van der Waals surface area contributed by atoms with Crippen LogP contribution in [0.5, 0.6) is 11.5 Å². The molecule has 4 nitrogen and oxygen atoms in total. The lowest BCUT2D eigenvalue weighted by Crippen LogP contribution is -2.14. The van der Waals surface area contributed by atoms with E-state index in [0.29, 0.717) is 28.6 Å². The van der Waals surface area contributed by atoms with Crippen LogP contribution in [-0.4, -0.2) is 18.6 Å². The minimum Gasteiger partial charge on any atom is -0.492 e. The van der Waals surface area contributed by atoms with Crippen molar-refractivity contribution in [1.82, 2.24) is 0 Å². The molecule has 0 aliphatic carbocycles. The molecule has 0 aromatic heterocycles. The summed E-state index contributed by atoms with van der Waals surface area (Å²) in [4.78, 5) is 12.6. The second-order valence-corrected chi connectivity index (χ2v) is 6.92. The van der Waals surface area contributed by atoms with Crippen LogP contribution in [0.1, 0.15) is 29.8 Å². The van der Waals surface area contributed by atoms with Gasteiger partial charge in [-0.3, -0.25) is 4.79 Å². The maximum absolute atomic E-state index is 12.6. The molecule has 1 amide bonds.